The van der Waals surface area contributed by atoms with Crippen LogP contribution in [0.5, 0.6) is 0 Å². The fraction of sp³-hybridized carbons (Fsp3) is 0.286. The van der Waals surface area contributed by atoms with Crippen LogP contribution in [-0.2, 0) is 4.74 Å². The van der Waals surface area contributed by atoms with Crippen LogP contribution in [0, 0.1) is 6.92 Å². The third kappa shape index (κ3) is 1.26. The first kappa shape index (κ1) is 11.0. The number of carbonyl (C=O) groups is 2. The number of carbonyl (C=O) groups excluding carboxylic acids is 2. The fourth-order valence-electron chi connectivity index (χ4n) is 2.34. The predicted octanol–water partition coefficient (Wildman–Crippen LogP) is 2.59. The van der Waals surface area contributed by atoms with Gasteiger partial charge in [-0.15, -0.1) is 0 Å². The number of ketones is 2. The monoisotopic (exact) mass is 244 g/mol. The van der Waals surface area contributed by atoms with Crippen LogP contribution in [0.15, 0.2) is 34.2 Å². The molecule has 0 aromatic carbocycles. The highest BCUT2D eigenvalue weighted by Gasteiger charge is 2.43. The normalized spacial score (nSPS) is 21.8. The van der Waals surface area contributed by atoms with E-state index in [0.29, 0.717) is 23.1 Å². The summed E-state index contributed by atoms with van der Waals surface area (Å²) in [6, 6.07) is 0. The van der Waals surface area contributed by atoms with E-state index in [9.17, 15) is 9.59 Å². The molecular weight excluding hydrogens is 232 g/mol. The Labute approximate surface area is 104 Å². The molecule has 0 spiro atoms. The van der Waals surface area contributed by atoms with E-state index in [4.69, 9.17) is 9.15 Å². The van der Waals surface area contributed by atoms with Gasteiger partial charge in [-0.1, -0.05) is 6.58 Å². The zero-order chi connectivity index (χ0) is 13.0. The molecule has 4 nitrogen and oxygen atoms in total. The van der Waals surface area contributed by atoms with Crippen molar-refractivity contribution in [2.75, 3.05) is 0 Å². The standard InChI is InChI=1S/C14H12O4/c1-6(2)9-4-8-11(15)10-7(3)5-17-14(10)12(16)13(8)18-9/h5,9H,1,4H2,2-3H3/t9-/m0/s1. The van der Waals surface area contributed by atoms with Crippen molar-refractivity contribution in [2.24, 2.45) is 0 Å². The largest absolute Gasteiger partial charge is 0.481 e. The summed E-state index contributed by atoms with van der Waals surface area (Å²) in [4.78, 5) is 24.5. The van der Waals surface area contributed by atoms with Crippen LogP contribution >= 0.6 is 0 Å². The summed E-state index contributed by atoms with van der Waals surface area (Å²) in [6.07, 6.45) is 1.56. The van der Waals surface area contributed by atoms with E-state index in [1.54, 1.807) is 6.92 Å². The maximum Gasteiger partial charge on any atom is 0.263 e. The minimum atomic E-state index is -0.337. The van der Waals surface area contributed by atoms with E-state index in [2.05, 4.69) is 6.58 Å². The highest BCUT2D eigenvalue weighted by atomic mass is 16.5. The number of aryl methyl sites for hydroxylation is 1. The molecule has 18 heavy (non-hydrogen) atoms. The van der Waals surface area contributed by atoms with Crippen molar-refractivity contribution in [1.82, 2.24) is 0 Å². The Bertz CT molecular complexity index is 630. The molecule has 0 saturated carbocycles. The first-order valence-corrected chi connectivity index (χ1v) is 5.73. The second-order valence-corrected chi connectivity index (χ2v) is 4.75. The summed E-state index contributed by atoms with van der Waals surface area (Å²) in [6.45, 7) is 7.38. The fourth-order valence-corrected chi connectivity index (χ4v) is 2.34. The van der Waals surface area contributed by atoms with Gasteiger partial charge in [0.1, 0.15) is 6.10 Å². The zero-order valence-corrected chi connectivity index (χ0v) is 10.2. The first-order valence-electron chi connectivity index (χ1n) is 5.73. The molecule has 0 saturated heterocycles. The van der Waals surface area contributed by atoms with E-state index < -0.39 is 0 Å². The van der Waals surface area contributed by atoms with Crippen LogP contribution in [-0.4, -0.2) is 17.7 Å². The molecule has 1 aliphatic heterocycles. The van der Waals surface area contributed by atoms with E-state index in [1.165, 1.54) is 6.26 Å². The number of ether oxygens (including phenoxy) is 1. The van der Waals surface area contributed by atoms with Gasteiger partial charge in [-0.25, -0.2) is 0 Å². The lowest BCUT2D eigenvalue weighted by molar-refractivity contribution is 0.0850. The Morgan fingerprint density at radius 1 is 1.39 bits per heavy atom. The molecule has 92 valence electrons. The van der Waals surface area contributed by atoms with Crippen LogP contribution in [0.25, 0.3) is 0 Å². The molecule has 0 N–H and O–H groups in total. The van der Waals surface area contributed by atoms with Crippen molar-refractivity contribution in [3.05, 3.63) is 46.6 Å². The Balaban J connectivity index is 2.09. The van der Waals surface area contributed by atoms with Crippen molar-refractivity contribution >= 4 is 11.6 Å². The van der Waals surface area contributed by atoms with E-state index in [0.717, 1.165) is 5.57 Å². The highest BCUT2D eigenvalue weighted by Crippen LogP contribution is 2.38. The molecule has 0 radical (unpaired) electrons. The van der Waals surface area contributed by atoms with Crippen LogP contribution in [0.1, 0.15) is 39.8 Å². The smallest absolute Gasteiger partial charge is 0.263 e. The van der Waals surface area contributed by atoms with Gasteiger partial charge in [0.15, 0.2) is 17.3 Å². The van der Waals surface area contributed by atoms with Gasteiger partial charge < -0.3 is 9.15 Å². The van der Waals surface area contributed by atoms with Crippen LogP contribution in [0.4, 0.5) is 0 Å². The van der Waals surface area contributed by atoms with Gasteiger partial charge in [0.2, 0.25) is 0 Å². The number of hydrogen-bond donors (Lipinski definition) is 0. The molecule has 1 aromatic heterocycles. The minimum absolute atomic E-state index is 0.0959. The molecule has 1 aromatic rings. The molecule has 2 aliphatic rings. The zero-order valence-electron chi connectivity index (χ0n) is 10.2. The number of fused-ring (bicyclic) bond motifs is 1. The second kappa shape index (κ2) is 3.45. The molecule has 0 unspecified atom stereocenters. The van der Waals surface area contributed by atoms with Crippen molar-refractivity contribution < 1.29 is 18.7 Å². The van der Waals surface area contributed by atoms with Crippen molar-refractivity contribution in [3.8, 4) is 0 Å². The molecule has 0 bridgehead atoms. The van der Waals surface area contributed by atoms with Gasteiger partial charge in [0.05, 0.1) is 17.4 Å². The number of furan rings is 1. The average molecular weight is 244 g/mol. The second-order valence-electron chi connectivity index (χ2n) is 4.75. The van der Waals surface area contributed by atoms with E-state index >= 15 is 0 Å². The summed E-state index contributed by atoms with van der Waals surface area (Å²) < 4.78 is 10.7. The summed E-state index contributed by atoms with van der Waals surface area (Å²) >= 11 is 0. The SMILES string of the molecule is C=C(C)[C@@H]1CC2=C(O1)C(=O)c1occ(C)c1C2=O. The third-order valence-corrected chi connectivity index (χ3v) is 3.36. The van der Waals surface area contributed by atoms with Gasteiger partial charge in [-0.2, -0.15) is 0 Å². The van der Waals surface area contributed by atoms with E-state index in [-0.39, 0.29) is 29.2 Å². The molecule has 3 rings (SSSR count). The Kier molecular flexibility index (Phi) is 2.11. The van der Waals surface area contributed by atoms with Gasteiger partial charge in [-0.05, 0) is 25.0 Å². The maximum absolute atomic E-state index is 12.3. The number of allylic oxidation sites excluding steroid dienone is 1. The molecule has 1 atom stereocenters. The quantitative estimate of drug-likeness (QED) is 0.712. The van der Waals surface area contributed by atoms with Crippen molar-refractivity contribution in [2.45, 2.75) is 26.4 Å². The summed E-state index contributed by atoms with van der Waals surface area (Å²) in [5.41, 5.74) is 2.32. The third-order valence-electron chi connectivity index (χ3n) is 3.36. The molecule has 1 aliphatic carbocycles. The van der Waals surface area contributed by atoms with Crippen LogP contribution < -0.4 is 0 Å². The summed E-state index contributed by atoms with van der Waals surface area (Å²) in [5, 5.41) is 0. The van der Waals surface area contributed by atoms with Crippen molar-refractivity contribution in [3.63, 3.8) is 0 Å². The van der Waals surface area contributed by atoms with Crippen LogP contribution in [0.2, 0.25) is 0 Å². The van der Waals surface area contributed by atoms with Gasteiger partial charge in [-0.3, -0.25) is 9.59 Å². The van der Waals surface area contributed by atoms with Gasteiger partial charge >= 0.3 is 0 Å². The maximum atomic E-state index is 12.3. The van der Waals surface area contributed by atoms with Gasteiger partial charge in [0.25, 0.3) is 5.78 Å². The minimum Gasteiger partial charge on any atom is -0.481 e. The number of hydrogen-bond acceptors (Lipinski definition) is 4. The Morgan fingerprint density at radius 3 is 2.78 bits per heavy atom. The summed E-state index contributed by atoms with van der Waals surface area (Å²) in [5.74, 6) is -0.264. The molecule has 0 amide bonds. The number of rotatable bonds is 1. The lowest BCUT2D eigenvalue weighted by Gasteiger charge is -2.12. The Morgan fingerprint density at radius 2 is 2.11 bits per heavy atom. The summed E-state index contributed by atoms with van der Waals surface area (Å²) in [7, 11) is 0. The van der Waals surface area contributed by atoms with Crippen molar-refractivity contribution in [1.29, 1.82) is 0 Å². The van der Waals surface area contributed by atoms with Crippen LogP contribution in [0.3, 0.4) is 0 Å². The molecule has 2 heterocycles. The molecule has 4 heteroatoms. The number of Topliss-reactive ketones (excluding diaryl/α,β-unsaturated/α-hetero) is 2. The lowest BCUT2D eigenvalue weighted by atomic mass is 9.89. The molecular formula is C14H12O4. The van der Waals surface area contributed by atoms with Gasteiger partial charge in [0, 0.05) is 6.42 Å². The molecule has 0 fully saturated rings. The lowest BCUT2D eigenvalue weighted by Crippen LogP contribution is -2.19. The topological polar surface area (TPSA) is 56.5 Å². The highest BCUT2D eigenvalue weighted by molar-refractivity contribution is 6.26. The average Bonchev–Trinajstić information content (AvgIpc) is 2.90. The van der Waals surface area contributed by atoms with E-state index in [1.807, 2.05) is 6.92 Å². The first-order chi connectivity index (χ1) is 8.50. The predicted molar refractivity (Wildman–Crippen MR) is 63.4 cm³/mol. The Hall–Kier alpha value is -2.10.